The molecule has 1 aliphatic carbocycles. The Morgan fingerprint density at radius 2 is 0.938 bits per heavy atom. The molecule has 0 N–H and O–H groups in total. The van der Waals surface area contributed by atoms with Crippen LogP contribution in [0.4, 0.5) is 0 Å². The van der Waals surface area contributed by atoms with Gasteiger partial charge in [-0.1, -0.05) is 153 Å². The second-order valence-corrected chi connectivity index (χ2v) is 13.6. The first-order valence-corrected chi connectivity index (χ1v) is 16.9. The predicted molar refractivity (Wildman–Crippen MR) is 204 cm³/mol. The molecule has 10 rings (SSSR count). The van der Waals surface area contributed by atoms with Crippen molar-refractivity contribution in [2.45, 2.75) is 19.3 Å². The molecule has 0 radical (unpaired) electrons. The summed E-state index contributed by atoms with van der Waals surface area (Å²) >= 11 is 0. The number of nitrogens with zero attached hydrogens (tertiary/aromatic N) is 1. The third-order valence-electron chi connectivity index (χ3n) is 10.8. The Morgan fingerprint density at radius 1 is 0.417 bits per heavy atom. The molecule has 8 aromatic carbocycles. The molecule has 1 heteroatoms. The predicted octanol–water partition coefficient (Wildman–Crippen LogP) is 12.7. The zero-order valence-corrected chi connectivity index (χ0v) is 27.0. The minimum Gasteiger partial charge on any atom is -0.309 e. The van der Waals surface area contributed by atoms with Crippen LogP contribution < -0.4 is 0 Å². The maximum absolute atomic E-state index is 2.55. The van der Waals surface area contributed by atoms with Gasteiger partial charge in [0, 0.05) is 27.4 Å². The van der Waals surface area contributed by atoms with Gasteiger partial charge in [0.05, 0.1) is 11.0 Å². The van der Waals surface area contributed by atoms with E-state index in [1.165, 1.54) is 93.5 Å². The fraction of sp³-hybridized carbons (Fsp3) is 0.0638. The number of fused-ring (bicyclic) bond motifs is 9. The van der Waals surface area contributed by atoms with E-state index in [9.17, 15) is 0 Å². The van der Waals surface area contributed by atoms with Gasteiger partial charge in [0.25, 0.3) is 0 Å². The summed E-state index contributed by atoms with van der Waals surface area (Å²) in [6.07, 6.45) is 0. The molecule has 9 aromatic rings. The molecular formula is C47H33N. The number of hydrogen-bond donors (Lipinski definition) is 0. The van der Waals surface area contributed by atoms with Gasteiger partial charge in [0.15, 0.2) is 0 Å². The van der Waals surface area contributed by atoms with Gasteiger partial charge in [0.2, 0.25) is 0 Å². The third-order valence-corrected chi connectivity index (χ3v) is 10.8. The van der Waals surface area contributed by atoms with Crippen molar-refractivity contribution >= 4 is 43.4 Å². The van der Waals surface area contributed by atoms with E-state index in [0.29, 0.717) is 0 Å². The van der Waals surface area contributed by atoms with Crippen LogP contribution in [0.1, 0.15) is 25.0 Å². The van der Waals surface area contributed by atoms with Gasteiger partial charge in [-0.2, -0.15) is 0 Å². The summed E-state index contributed by atoms with van der Waals surface area (Å²) in [5.74, 6) is 0. The number of benzene rings is 8. The second kappa shape index (κ2) is 10.0. The third kappa shape index (κ3) is 3.62. The van der Waals surface area contributed by atoms with Crippen LogP contribution in [0.15, 0.2) is 164 Å². The van der Waals surface area contributed by atoms with Crippen molar-refractivity contribution in [3.8, 4) is 39.1 Å². The Kier molecular flexibility index (Phi) is 5.69. The highest BCUT2D eigenvalue weighted by atomic mass is 15.0. The monoisotopic (exact) mass is 611 g/mol. The molecule has 0 saturated heterocycles. The highest BCUT2D eigenvalue weighted by Crippen LogP contribution is 2.56. The lowest BCUT2D eigenvalue weighted by Gasteiger charge is -2.24. The van der Waals surface area contributed by atoms with Gasteiger partial charge >= 0.3 is 0 Å². The zero-order chi connectivity index (χ0) is 32.0. The topological polar surface area (TPSA) is 4.93 Å². The summed E-state index contributed by atoms with van der Waals surface area (Å²) in [6.45, 7) is 4.80. The Hall–Kier alpha value is -5.92. The van der Waals surface area contributed by atoms with Crippen LogP contribution in [0.5, 0.6) is 0 Å². The molecular weight excluding hydrogens is 579 g/mol. The number of rotatable bonds is 3. The maximum atomic E-state index is 2.55. The van der Waals surface area contributed by atoms with Crippen molar-refractivity contribution in [1.82, 2.24) is 4.57 Å². The van der Waals surface area contributed by atoms with Crippen LogP contribution in [-0.4, -0.2) is 4.57 Å². The van der Waals surface area contributed by atoms with Crippen molar-refractivity contribution in [2.75, 3.05) is 0 Å². The average Bonchev–Trinajstić information content (AvgIpc) is 3.60. The molecule has 0 atom stereocenters. The van der Waals surface area contributed by atoms with Crippen LogP contribution in [0.25, 0.3) is 82.4 Å². The summed E-state index contributed by atoms with van der Waals surface area (Å²) in [7, 11) is 0. The van der Waals surface area contributed by atoms with Gasteiger partial charge in [-0.15, -0.1) is 0 Å². The van der Waals surface area contributed by atoms with Crippen LogP contribution >= 0.6 is 0 Å². The van der Waals surface area contributed by atoms with E-state index in [1.807, 2.05) is 0 Å². The highest BCUT2D eigenvalue weighted by Gasteiger charge is 2.39. The molecule has 1 nitrogen and oxygen atoms in total. The lowest BCUT2D eigenvalue weighted by molar-refractivity contribution is 0.661. The summed E-state index contributed by atoms with van der Waals surface area (Å²) in [4.78, 5) is 0. The van der Waals surface area contributed by atoms with Gasteiger partial charge < -0.3 is 4.57 Å². The summed E-state index contributed by atoms with van der Waals surface area (Å²) in [5.41, 5.74) is 14.1. The highest BCUT2D eigenvalue weighted by molar-refractivity contribution is 6.28. The molecule has 0 bridgehead atoms. The van der Waals surface area contributed by atoms with E-state index in [4.69, 9.17) is 0 Å². The molecule has 0 spiro atoms. The van der Waals surface area contributed by atoms with Gasteiger partial charge in [-0.05, 0) is 84.8 Å². The van der Waals surface area contributed by atoms with E-state index in [-0.39, 0.29) is 5.41 Å². The molecule has 0 unspecified atom stereocenters. The minimum absolute atomic E-state index is 0.164. The van der Waals surface area contributed by atoms with Crippen LogP contribution in [0.2, 0.25) is 0 Å². The normalized spacial score (nSPS) is 13.4. The molecule has 0 fully saturated rings. The van der Waals surface area contributed by atoms with Crippen LogP contribution in [-0.2, 0) is 5.41 Å². The Bertz CT molecular complexity index is 2670. The van der Waals surface area contributed by atoms with Crippen molar-refractivity contribution in [1.29, 1.82) is 0 Å². The van der Waals surface area contributed by atoms with Gasteiger partial charge in [-0.25, -0.2) is 0 Å². The van der Waals surface area contributed by atoms with Crippen molar-refractivity contribution in [3.05, 3.63) is 175 Å². The van der Waals surface area contributed by atoms with Crippen molar-refractivity contribution in [2.24, 2.45) is 0 Å². The molecule has 0 aliphatic heterocycles. The van der Waals surface area contributed by atoms with Crippen LogP contribution in [0.3, 0.4) is 0 Å². The van der Waals surface area contributed by atoms with E-state index >= 15 is 0 Å². The molecule has 1 aromatic heterocycles. The first-order chi connectivity index (χ1) is 23.6. The first-order valence-electron chi connectivity index (χ1n) is 16.9. The fourth-order valence-corrected chi connectivity index (χ4v) is 8.70. The number of para-hydroxylation sites is 2. The van der Waals surface area contributed by atoms with E-state index in [1.54, 1.807) is 0 Å². The van der Waals surface area contributed by atoms with Gasteiger partial charge in [-0.3, -0.25) is 0 Å². The number of hydrogen-bond acceptors (Lipinski definition) is 0. The average molecular weight is 612 g/mol. The summed E-state index contributed by atoms with van der Waals surface area (Å²) < 4.78 is 2.52. The quantitative estimate of drug-likeness (QED) is 0.175. The van der Waals surface area contributed by atoms with E-state index in [2.05, 4.69) is 182 Å². The van der Waals surface area contributed by atoms with E-state index < -0.39 is 0 Å². The molecule has 1 heterocycles. The Labute approximate surface area is 280 Å². The lowest BCUT2D eigenvalue weighted by Crippen LogP contribution is -2.15. The molecule has 48 heavy (non-hydrogen) atoms. The maximum Gasteiger partial charge on any atom is 0.0628 e. The van der Waals surface area contributed by atoms with Gasteiger partial charge in [0.1, 0.15) is 0 Å². The molecule has 0 amide bonds. The molecule has 226 valence electrons. The minimum atomic E-state index is -0.164. The number of aromatic nitrogens is 1. The Balaban J connectivity index is 1.47. The SMILES string of the molecule is CC1(C)c2ccccc2-c2c1cc(-c1c3ccccc3c(-c3ccccc3)c3ccccc13)c1c3ccccc3n(-c3ccccc3)c21. The fourth-order valence-electron chi connectivity index (χ4n) is 8.70. The molecule has 0 saturated carbocycles. The van der Waals surface area contributed by atoms with E-state index in [0.717, 1.165) is 0 Å². The van der Waals surface area contributed by atoms with Crippen LogP contribution in [0, 0.1) is 0 Å². The summed E-state index contributed by atoms with van der Waals surface area (Å²) in [5, 5.41) is 7.70. The second-order valence-electron chi connectivity index (χ2n) is 13.6. The standard InChI is InChI=1S/C47H33N/c1-47(2)39-27-15-13-25-36(39)45-40(47)29-38(44-37-26-14-16-28-41(37)48(46(44)45)31-19-7-4-8-20-31)43-34-23-11-9-21-32(34)42(30-17-5-3-6-18-30)33-22-10-12-24-35(33)43/h3-29H,1-2H3. The lowest BCUT2D eigenvalue weighted by atomic mass is 9.79. The van der Waals surface area contributed by atoms with Crippen molar-refractivity contribution in [3.63, 3.8) is 0 Å². The zero-order valence-electron chi connectivity index (χ0n) is 27.0. The Morgan fingerprint density at radius 3 is 1.60 bits per heavy atom. The molecule has 1 aliphatic rings. The van der Waals surface area contributed by atoms with Crippen molar-refractivity contribution < 1.29 is 0 Å². The smallest absolute Gasteiger partial charge is 0.0628 e. The summed E-state index contributed by atoms with van der Waals surface area (Å²) in [6, 6.07) is 60.4. The largest absolute Gasteiger partial charge is 0.309 e. The first kappa shape index (κ1) is 27.2.